The van der Waals surface area contributed by atoms with Gasteiger partial charge in [0.25, 0.3) is 0 Å². The number of nitrogens with one attached hydrogen (secondary N) is 1. The molecule has 0 unspecified atom stereocenters. The Balaban J connectivity index is 1.96. The van der Waals surface area contributed by atoms with E-state index in [4.69, 9.17) is 0 Å². The lowest BCUT2D eigenvalue weighted by molar-refractivity contribution is -0.137. The largest absolute Gasteiger partial charge is 0.481 e. The zero-order valence-corrected chi connectivity index (χ0v) is 18.3. The molecule has 160 valence electrons. The van der Waals surface area contributed by atoms with Crippen molar-refractivity contribution >= 4 is 27.6 Å². The van der Waals surface area contributed by atoms with Crippen LogP contribution >= 0.6 is 0 Å². The van der Waals surface area contributed by atoms with E-state index in [0.717, 1.165) is 16.7 Å². The van der Waals surface area contributed by atoms with E-state index in [1.807, 2.05) is 32.9 Å². The number of aryl methyl sites for hydroxylation is 2. The lowest BCUT2D eigenvalue weighted by atomic mass is 9.97. The van der Waals surface area contributed by atoms with Gasteiger partial charge in [0.1, 0.15) is 0 Å². The molecule has 1 aliphatic heterocycles. The van der Waals surface area contributed by atoms with E-state index in [1.54, 1.807) is 23.1 Å². The van der Waals surface area contributed by atoms with Gasteiger partial charge in [-0.3, -0.25) is 9.59 Å². The Kier molecular flexibility index (Phi) is 6.01. The minimum Gasteiger partial charge on any atom is -0.481 e. The summed E-state index contributed by atoms with van der Waals surface area (Å²) in [6.45, 7) is 7.10. The summed E-state index contributed by atoms with van der Waals surface area (Å²) in [6, 6.07) is 9.27. The first-order chi connectivity index (χ1) is 14.0. The summed E-state index contributed by atoms with van der Waals surface area (Å²) >= 11 is 0. The Morgan fingerprint density at radius 1 is 1.20 bits per heavy atom. The van der Waals surface area contributed by atoms with Crippen LogP contribution in [0.3, 0.4) is 0 Å². The van der Waals surface area contributed by atoms with E-state index in [1.165, 1.54) is 13.0 Å². The highest BCUT2D eigenvalue weighted by molar-refractivity contribution is 7.89. The highest BCUT2D eigenvalue weighted by Gasteiger charge is 2.31. The van der Waals surface area contributed by atoms with Gasteiger partial charge in [0.2, 0.25) is 15.9 Å². The summed E-state index contributed by atoms with van der Waals surface area (Å²) in [5.41, 5.74) is 3.86. The Labute approximate surface area is 176 Å². The number of carbonyl (C=O) groups excluding carboxylic acids is 1. The van der Waals surface area contributed by atoms with Gasteiger partial charge in [0.15, 0.2) is 0 Å². The zero-order chi connectivity index (χ0) is 22.2. The van der Waals surface area contributed by atoms with Crippen molar-refractivity contribution in [3.05, 3.63) is 58.7 Å². The van der Waals surface area contributed by atoms with E-state index in [2.05, 4.69) is 4.72 Å². The maximum atomic E-state index is 13.1. The minimum absolute atomic E-state index is 0.0434. The van der Waals surface area contributed by atoms with Crippen LogP contribution in [-0.4, -0.2) is 31.4 Å². The van der Waals surface area contributed by atoms with Crippen molar-refractivity contribution in [1.82, 2.24) is 4.72 Å². The normalized spacial score (nSPS) is 16.9. The zero-order valence-electron chi connectivity index (χ0n) is 17.5. The van der Waals surface area contributed by atoms with Gasteiger partial charge in [-0.2, -0.15) is 0 Å². The van der Waals surface area contributed by atoms with Crippen molar-refractivity contribution in [2.75, 3.05) is 4.90 Å². The monoisotopic (exact) mass is 430 g/mol. The molecule has 1 amide bonds. The van der Waals surface area contributed by atoms with Gasteiger partial charge >= 0.3 is 5.97 Å². The topological polar surface area (TPSA) is 104 Å². The van der Waals surface area contributed by atoms with Crippen LogP contribution in [0.15, 0.2) is 41.3 Å². The molecule has 0 spiro atoms. The number of carboxylic acids is 1. The molecular formula is C22H26N2O5S. The fraction of sp³-hybridized carbons (Fsp3) is 0.364. The van der Waals surface area contributed by atoms with Crippen molar-refractivity contribution in [2.24, 2.45) is 0 Å². The van der Waals surface area contributed by atoms with Gasteiger partial charge in [-0.15, -0.1) is 0 Å². The second kappa shape index (κ2) is 8.20. The van der Waals surface area contributed by atoms with Gasteiger partial charge in [-0.1, -0.05) is 23.8 Å². The molecule has 2 aromatic carbocycles. The Bertz CT molecular complexity index is 1110. The quantitative estimate of drug-likeness (QED) is 0.733. The predicted octanol–water partition coefficient (Wildman–Crippen LogP) is 3.10. The number of amides is 1. The molecular weight excluding hydrogens is 404 g/mol. The summed E-state index contributed by atoms with van der Waals surface area (Å²) in [5, 5.41) is 9.34. The van der Waals surface area contributed by atoms with E-state index in [-0.39, 0.29) is 23.3 Å². The number of anilines is 1. The number of carboxylic acid groups (broad SMARTS) is 1. The Hall–Kier alpha value is -2.71. The standard InChI is InChI=1S/C22H26N2O5S/c1-13-5-6-14(2)19(9-13)20(12-22(26)27)23-30(28,29)18-7-8-21-17(11-18)10-15(3)24(21)16(4)25/h5-9,11,15,20,23H,10,12H2,1-4H3,(H,26,27)/t15-,20-/m0/s1. The fourth-order valence-corrected chi connectivity index (χ4v) is 5.30. The van der Waals surface area contributed by atoms with Crippen LogP contribution in [0.2, 0.25) is 0 Å². The number of hydrogen-bond donors (Lipinski definition) is 2. The first kappa shape index (κ1) is 22.0. The third-order valence-electron chi connectivity index (χ3n) is 5.40. The summed E-state index contributed by atoms with van der Waals surface area (Å²) in [6.07, 6.45) is 0.192. The molecule has 2 aromatic rings. The highest BCUT2D eigenvalue weighted by atomic mass is 32.2. The number of hydrogen-bond acceptors (Lipinski definition) is 4. The first-order valence-electron chi connectivity index (χ1n) is 9.73. The number of rotatable bonds is 6. The molecule has 0 bridgehead atoms. The number of sulfonamides is 1. The van der Waals surface area contributed by atoms with E-state index >= 15 is 0 Å². The average Bonchev–Trinajstić information content (AvgIpc) is 2.97. The van der Waals surface area contributed by atoms with Crippen molar-refractivity contribution in [1.29, 1.82) is 0 Å². The summed E-state index contributed by atoms with van der Waals surface area (Å²) < 4.78 is 28.8. The molecule has 0 saturated carbocycles. The number of aliphatic carboxylic acids is 1. The van der Waals surface area contributed by atoms with Crippen LogP contribution in [0.5, 0.6) is 0 Å². The summed E-state index contributed by atoms with van der Waals surface area (Å²) in [7, 11) is -3.98. The number of benzene rings is 2. The predicted molar refractivity (Wildman–Crippen MR) is 114 cm³/mol. The van der Waals surface area contributed by atoms with Crippen LogP contribution in [0.25, 0.3) is 0 Å². The molecule has 0 radical (unpaired) electrons. The molecule has 30 heavy (non-hydrogen) atoms. The maximum Gasteiger partial charge on any atom is 0.305 e. The molecule has 2 atom stereocenters. The van der Waals surface area contributed by atoms with Crippen LogP contribution in [0.4, 0.5) is 5.69 Å². The average molecular weight is 431 g/mol. The van der Waals surface area contributed by atoms with Gasteiger partial charge in [-0.25, -0.2) is 13.1 Å². The summed E-state index contributed by atoms with van der Waals surface area (Å²) in [4.78, 5) is 25.0. The van der Waals surface area contributed by atoms with Crippen molar-refractivity contribution < 1.29 is 23.1 Å². The Morgan fingerprint density at radius 3 is 2.53 bits per heavy atom. The molecule has 0 saturated heterocycles. The minimum atomic E-state index is -3.98. The molecule has 8 heteroatoms. The number of nitrogens with zero attached hydrogens (tertiary/aromatic N) is 1. The van der Waals surface area contributed by atoms with E-state index in [0.29, 0.717) is 17.7 Å². The lowest BCUT2D eigenvalue weighted by Crippen LogP contribution is -2.33. The van der Waals surface area contributed by atoms with E-state index < -0.39 is 22.0 Å². The van der Waals surface area contributed by atoms with Crippen LogP contribution in [0, 0.1) is 13.8 Å². The number of fused-ring (bicyclic) bond motifs is 1. The number of carbonyl (C=O) groups is 2. The highest BCUT2D eigenvalue weighted by Crippen LogP contribution is 2.34. The second-order valence-corrected chi connectivity index (χ2v) is 9.58. The molecule has 1 heterocycles. The molecule has 0 fully saturated rings. The van der Waals surface area contributed by atoms with Crippen LogP contribution < -0.4 is 9.62 Å². The van der Waals surface area contributed by atoms with Gasteiger partial charge in [-0.05, 0) is 62.1 Å². The molecule has 0 aliphatic carbocycles. The maximum absolute atomic E-state index is 13.1. The van der Waals surface area contributed by atoms with Crippen molar-refractivity contribution in [3.63, 3.8) is 0 Å². The van der Waals surface area contributed by atoms with Crippen LogP contribution in [-0.2, 0) is 26.0 Å². The van der Waals surface area contributed by atoms with Crippen molar-refractivity contribution in [3.8, 4) is 0 Å². The molecule has 2 N–H and O–H groups in total. The van der Waals surface area contributed by atoms with Gasteiger partial charge < -0.3 is 10.0 Å². The van der Waals surface area contributed by atoms with Crippen molar-refractivity contribution in [2.45, 2.75) is 57.5 Å². The molecule has 7 nitrogen and oxygen atoms in total. The molecule has 1 aliphatic rings. The smallest absolute Gasteiger partial charge is 0.305 e. The van der Waals surface area contributed by atoms with E-state index in [9.17, 15) is 23.1 Å². The third kappa shape index (κ3) is 4.39. The third-order valence-corrected chi connectivity index (χ3v) is 6.87. The van der Waals surface area contributed by atoms with Crippen LogP contribution in [0.1, 0.15) is 48.6 Å². The molecule has 3 rings (SSSR count). The fourth-order valence-electron chi connectivity index (χ4n) is 4.03. The molecule has 0 aromatic heterocycles. The SMILES string of the molecule is CC(=O)N1c2ccc(S(=O)(=O)N[C@@H](CC(=O)O)c3cc(C)ccc3C)cc2C[C@@H]1C. The first-order valence-corrected chi connectivity index (χ1v) is 11.2. The van der Waals surface area contributed by atoms with Gasteiger partial charge in [0, 0.05) is 18.7 Å². The second-order valence-electron chi connectivity index (χ2n) is 7.86. The lowest BCUT2D eigenvalue weighted by Gasteiger charge is -2.21. The summed E-state index contributed by atoms with van der Waals surface area (Å²) in [5.74, 6) is -1.19. The van der Waals surface area contributed by atoms with Gasteiger partial charge in [0.05, 0.1) is 17.4 Å². The Morgan fingerprint density at radius 2 is 1.90 bits per heavy atom.